The Morgan fingerprint density at radius 1 is 0.697 bits per heavy atom. The van der Waals surface area contributed by atoms with Gasteiger partial charge in [-0.05, 0) is 48.5 Å². The SMILES string of the molecule is COc1ccc(C(=O)Nc2ccc(C(=O)NCCNC(=O)c3ccccc3)cc2)c(OC)c1. The fourth-order valence-electron chi connectivity index (χ4n) is 3.04. The van der Waals surface area contributed by atoms with Crippen LogP contribution in [0.1, 0.15) is 31.1 Å². The third-order valence-corrected chi connectivity index (χ3v) is 4.79. The topological polar surface area (TPSA) is 106 Å². The maximum atomic E-state index is 12.6. The molecule has 0 aliphatic rings. The van der Waals surface area contributed by atoms with Crippen molar-refractivity contribution in [2.75, 3.05) is 32.6 Å². The van der Waals surface area contributed by atoms with Crippen LogP contribution in [0, 0.1) is 0 Å². The van der Waals surface area contributed by atoms with Crippen LogP contribution in [0.4, 0.5) is 5.69 Å². The molecule has 0 fully saturated rings. The summed E-state index contributed by atoms with van der Waals surface area (Å²) in [6.07, 6.45) is 0. The number of amides is 3. The average molecular weight is 447 g/mol. The quantitative estimate of drug-likeness (QED) is 0.437. The van der Waals surface area contributed by atoms with Gasteiger partial charge in [-0.2, -0.15) is 0 Å². The van der Waals surface area contributed by atoms with Crippen LogP contribution < -0.4 is 25.4 Å². The number of ether oxygens (including phenoxy) is 2. The Hall–Kier alpha value is -4.33. The number of anilines is 1. The van der Waals surface area contributed by atoms with E-state index in [0.29, 0.717) is 40.4 Å². The minimum absolute atomic E-state index is 0.196. The fourth-order valence-corrected chi connectivity index (χ4v) is 3.04. The standard InChI is InChI=1S/C25H25N3O5/c1-32-20-12-13-21(22(16-20)33-2)25(31)28-19-10-8-18(9-11-19)24(30)27-15-14-26-23(29)17-6-4-3-5-7-17/h3-13,16H,14-15H2,1-2H3,(H,26,29)(H,27,30)(H,28,31). The second-order valence-electron chi connectivity index (χ2n) is 6.98. The minimum atomic E-state index is -0.346. The summed E-state index contributed by atoms with van der Waals surface area (Å²) in [6.45, 7) is 0.588. The van der Waals surface area contributed by atoms with Crippen LogP contribution in [0.15, 0.2) is 72.8 Å². The summed E-state index contributed by atoms with van der Waals surface area (Å²) in [5, 5.41) is 8.28. The predicted octanol–water partition coefficient (Wildman–Crippen LogP) is 3.12. The van der Waals surface area contributed by atoms with Crippen LogP contribution in [0.25, 0.3) is 0 Å². The third kappa shape index (κ3) is 6.33. The van der Waals surface area contributed by atoms with Crippen LogP contribution in [-0.2, 0) is 0 Å². The molecular weight excluding hydrogens is 422 g/mol. The monoisotopic (exact) mass is 447 g/mol. The fraction of sp³-hybridized carbons (Fsp3) is 0.160. The van der Waals surface area contributed by atoms with E-state index in [1.165, 1.54) is 14.2 Å². The van der Waals surface area contributed by atoms with Crippen molar-refractivity contribution in [2.24, 2.45) is 0 Å². The van der Waals surface area contributed by atoms with E-state index in [0.717, 1.165) is 0 Å². The van der Waals surface area contributed by atoms with Crippen LogP contribution in [0.3, 0.4) is 0 Å². The van der Waals surface area contributed by atoms with Crippen molar-refractivity contribution < 1.29 is 23.9 Å². The number of nitrogens with one attached hydrogen (secondary N) is 3. The third-order valence-electron chi connectivity index (χ3n) is 4.79. The first-order valence-corrected chi connectivity index (χ1v) is 10.3. The molecular formula is C25H25N3O5. The number of methoxy groups -OCH3 is 2. The maximum Gasteiger partial charge on any atom is 0.259 e. The summed E-state index contributed by atoms with van der Waals surface area (Å²) in [5.74, 6) is 0.151. The van der Waals surface area contributed by atoms with Gasteiger partial charge in [0.05, 0.1) is 19.8 Å². The number of rotatable bonds is 9. The smallest absolute Gasteiger partial charge is 0.259 e. The van der Waals surface area contributed by atoms with Gasteiger partial charge in [-0.15, -0.1) is 0 Å². The van der Waals surface area contributed by atoms with Gasteiger partial charge in [-0.25, -0.2) is 0 Å². The van der Waals surface area contributed by atoms with E-state index in [1.54, 1.807) is 66.7 Å². The molecule has 0 spiro atoms. The number of hydrogen-bond acceptors (Lipinski definition) is 5. The summed E-state index contributed by atoms with van der Waals surface area (Å²) in [4.78, 5) is 36.9. The van der Waals surface area contributed by atoms with Crippen LogP contribution in [0.5, 0.6) is 11.5 Å². The van der Waals surface area contributed by atoms with Crippen molar-refractivity contribution in [3.63, 3.8) is 0 Å². The molecule has 0 radical (unpaired) electrons. The molecule has 8 nitrogen and oxygen atoms in total. The normalized spacial score (nSPS) is 10.1. The molecule has 8 heteroatoms. The maximum absolute atomic E-state index is 12.6. The molecule has 0 aliphatic heterocycles. The van der Waals surface area contributed by atoms with Crippen LogP contribution >= 0.6 is 0 Å². The van der Waals surface area contributed by atoms with E-state index >= 15 is 0 Å². The molecule has 0 bridgehead atoms. The van der Waals surface area contributed by atoms with E-state index in [1.807, 2.05) is 6.07 Å². The van der Waals surface area contributed by atoms with Crippen molar-refractivity contribution in [3.8, 4) is 11.5 Å². The highest BCUT2D eigenvalue weighted by Crippen LogP contribution is 2.25. The highest BCUT2D eigenvalue weighted by molar-refractivity contribution is 6.06. The van der Waals surface area contributed by atoms with Gasteiger partial charge >= 0.3 is 0 Å². The number of carbonyl (C=O) groups is 3. The molecule has 0 saturated heterocycles. The first kappa shape index (κ1) is 23.3. The van der Waals surface area contributed by atoms with Crippen LogP contribution in [0.2, 0.25) is 0 Å². The molecule has 0 atom stereocenters. The zero-order valence-electron chi connectivity index (χ0n) is 18.4. The Labute approximate surface area is 191 Å². The number of hydrogen-bond donors (Lipinski definition) is 3. The van der Waals surface area contributed by atoms with Crippen molar-refractivity contribution in [1.82, 2.24) is 10.6 Å². The van der Waals surface area contributed by atoms with Crippen molar-refractivity contribution in [1.29, 1.82) is 0 Å². The van der Waals surface area contributed by atoms with Crippen LogP contribution in [-0.4, -0.2) is 45.0 Å². The van der Waals surface area contributed by atoms with Gasteiger partial charge in [0, 0.05) is 36.0 Å². The number of carbonyl (C=O) groups excluding carboxylic acids is 3. The van der Waals surface area contributed by atoms with Gasteiger partial charge in [0.1, 0.15) is 11.5 Å². The number of benzene rings is 3. The summed E-state index contributed by atoms with van der Waals surface area (Å²) in [6, 6.07) is 20.3. The molecule has 0 heterocycles. The van der Waals surface area contributed by atoms with E-state index in [4.69, 9.17) is 9.47 Å². The lowest BCUT2D eigenvalue weighted by Crippen LogP contribution is -2.34. The second-order valence-corrected chi connectivity index (χ2v) is 6.98. The van der Waals surface area contributed by atoms with Crippen molar-refractivity contribution >= 4 is 23.4 Å². The molecule has 0 unspecified atom stereocenters. The Kier molecular flexibility index (Phi) is 8.02. The predicted molar refractivity (Wildman–Crippen MR) is 125 cm³/mol. The van der Waals surface area contributed by atoms with E-state index in [-0.39, 0.29) is 24.3 Å². The zero-order valence-corrected chi connectivity index (χ0v) is 18.4. The lowest BCUT2D eigenvalue weighted by atomic mass is 10.1. The van der Waals surface area contributed by atoms with Gasteiger partial charge in [-0.3, -0.25) is 14.4 Å². The first-order valence-electron chi connectivity index (χ1n) is 10.3. The Bertz CT molecular complexity index is 1110. The second kappa shape index (κ2) is 11.3. The molecule has 3 N–H and O–H groups in total. The molecule has 0 aromatic heterocycles. The van der Waals surface area contributed by atoms with Gasteiger partial charge in [0.25, 0.3) is 17.7 Å². The van der Waals surface area contributed by atoms with Gasteiger partial charge in [0.15, 0.2) is 0 Å². The molecule has 33 heavy (non-hydrogen) atoms. The highest BCUT2D eigenvalue weighted by atomic mass is 16.5. The molecule has 0 saturated carbocycles. The lowest BCUT2D eigenvalue weighted by Gasteiger charge is -2.11. The van der Waals surface area contributed by atoms with Gasteiger partial charge in [0.2, 0.25) is 0 Å². The van der Waals surface area contributed by atoms with E-state index < -0.39 is 0 Å². The van der Waals surface area contributed by atoms with E-state index in [2.05, 4.69) is 16.0 Å². The van der Waals surface area contributed by atoms with Crippen molar-refractivity contribution in [2.45, 2.75) is 0 Å². The first-order chi connectivity index (χ1) is 16.0. The molecule has 3 rings (SSSR count). The Morgan fingerprint density at radius 2 is 1.30 bits per heavy atom. The molecule has 170 valence electrons. The van der Waals surface area contributed by atoms with Crippen molar-refractivity contribution in [3.05, 3.63) is 89.5 Å². The summed E-state index contributed by atoms with van der Waals surface area (Å²) in [7, 11) is 3.01. The summed E-state index contributed by atoms with van der Waals surface area (Å²) in [5.41, 5.74) is 1.89. The van der Waals surface area contributed by atoms with Gasteiger partial charge < -0.3 is 25.4 Å². The highest BCUT2D eigenvalue weighted by Gasteiger charge is 2.14. The molecule has 3 amide bonds. The Balaban J connectivity index is 1.50. The molecule has 3 aromatic carbocycles. The zero-order chi connectivity index (χ0) is 23.6. The average Bonchev–Trinajstić information content (AvgIpc) is 2.86. The molecule has 3 aromatic rings. The minimum Gasteiger partial charge on any atom is -0.497 e. The summed E-state index contributed by atoms with van der Waals surface area (Å²) < 4.78 is 10.4. The van der Waals surface area contributed by atoms with Gasteiger partial charge in [-0.1, -0.05) is 18.2 Å². The largest absolute Gasteiger partial charge is 0.497 e. The van der Waals surface area contributed by atoms with E-state index in [9.17, 15) is 14.4 Å². The molecule has 0 aliphatic carbocycles. The lowest BCUT2D eigenvalue weighted by molar-refractivity contribution is 0.0927. The Morgan fingerprint density at radius 3 is 1.88 bits per heavy atom. The summed E-state index contributed by atoms with van der Waals surface area (Å²) >= 11 is 0.